The van der Waals surface area contributed by atoms with Crippen molar-refractivity contribution >= 4 is 28.7 Å². The molecule has 2 aromatic rings. The summed E-state index contributed by atoms with van der Waals surface area (Å²) < 4.78 is 8.26. The lowest BCUT2D eigenvalue weighted by atomic mass is 10.1. The Morgan fingerprint density at radius 3 is 2.21 bits per heavy atom. The van der Waals surface area contributed by atoms with Crippen LogP contribution in [0.5, 0.6) is 5.88 Å². The van der Waals surface area contributed by atoms with E-state index in [1.54, 1.807) is 7.11 Å². The van der Waals surface area contributed by atoms with Crippen LogP contribution >= 0.6 is 11.9 Å². The van der Waals surface area contributed by atoms with Crippen molar-refractivity contribution in [3.8, 4) is 5.88 Å². The fourth-order valence-electron chi connectivity index (χ4n) is 3.23. The number of amides is 1. The van der Waals surface area contributed by atoms with Gasteiger partial charge >= 0.3 is 5.24 Å². The van der Waals surface area contributed by atoms with E-state index < -0.39 is 0 Å². The standard InChI is InChI=1S/C20H27N5O2S/c1-13-10-14(2)12-17(11-13)24-6-8-25(9-7-24)20(26)28-23-18-19(27-5)22-16(4)15(3)21-18/h10-12H,6-9H2,1-5H3,(H,21,23). The molecule has 0 spiro atoms. The summed E-state index contributed by atoms with van der Waals surface area (Å²) in [4.78, 5) is 25.6. The van der Waals surface area contributed by atoms with Gasteiger partial charge in [-0.2, -0.15) is 0 Å². The van der Waals surface area contributed by atoms with E-state index in [0.29, 0.717) is 24.8 Å². The van der Waals surface area contributed by atoms with Gasteiger partial charge in [-0.3, -0.25) is 4.79 Å². The van der Waals surface area contributed by atoms with Gasteiger partial charge in [-0.15, -0.1) is 0 Å². The lowest BCUT2D eigenvalue weighted by molar-refractivity contribution is 0.219. The van der Waals surface area contributed by atoms with Gasteiger partial charge in [0.1, 0.15) is 0 Å². The van der Waals surface area contributed by atoms with E-state index in [2.05, 4.69) is 51.6 Å². The third-order valence-electron chi connectivity index (χ3n) is 4.81. The van der Waals surface area contributed by atoms with E-state index in [0.717, 1.165) is 36.4 Å². The molecule has 1 aromatic heterocycles. The summed E-state index contributed by atoms with van der Waals surface area (Å²) in [6.07, 6.45) is 0. The maximum absolute atomic E-state index is 12.6. The molecule has 3 rings (SSSR count). The molecule has 1 aliphatic heterocycles. The van der Waals surface area contributed by atoms with Crippen molar-refractivity contribution in [2.24, 2.45) is 0 Å². The third-order valence-corrected chi connectivity index (χ3v) is 5.54. The van der Waals surface area contributed by atoms with Gasteiger partial charge in [0.05, 0.1) is 18.5 Å². The summed E-state index contributed by atoms with van der Waals surface area (Å²) in [5.41, 5.74) is 5.36. The molecule has 0 atom stereocenters. The van der Waals surface area contributed by atoms with Gasteiger partial charge in [-0.05, 0) is 51.0 Å². The highest BCUT2D eigenvalue weighted by Crippen LogP contribution is 2.25. The van der Waals surface area contributed by atoms with Crippen LogP contribution in [0.2, 0.25) is 0 Å². The number of aryl methyl sites for hydroxylation is 4. The minimum atomic E-state index is -0.0258. The lowest BCUT2D eigenvalue weighted by Gasteiger charge is -2.36. The van der Waals surface area contributed by atoms with Crippen molar-refractivity contribution in [1.29, 1.82) is 0 Å². The minimum Gasteiger partial charge on any atom is -0.478 e. The highest BCUT2D eigenvalue weighted by Gasteiger charge is 2.23. The molecule has 1 aliphatic rings. The van der Waals surface area contributed by atoms with Gasteiger partial charge in [0.2, 0.25) is 0 Å². The molecule has 2 heterocycles. The number of carbonyl (C=O) groups excluding carboxylic acids is 1. The summed E-state index contributed by atoms with van der Waals surface area (Å²) in [6, 6.07) is 6.58. The number of aromatic nitrogens is 2. The van der Waals surface area contributed by atoms with Crippen LogP contribution in [-0.4, -0.2) is 53.4 Å². The van der Waals surface area contributed by atoms with Gasteiger partial charge in [0, 0.05) is 43.8 Å². The number of carbonyl (C=O) groups is 1. The second kappa shape index (κ2) is 8.68. The Hall–Kier alpha value is -2.48. The number of hydrogen-bond donors (Lipinski definition) is 1. The maximum Gasteiger partial charge on any atom is 0.302 e. The first kappa shape index (κ1) is 20.3. The quantitative estimate of drug-likeness (QED) is 0.783. The zero-order valence-corrected chi connectivity index (χ0v) is 17.9. The van der Waals surface area contributed by atoms with Gasteiger partial charge in [-0.1, -0.05) is 6.07 Å². The fraction of sp³-hybridized carbons (Fsp3) is 0.450. The SMILES string of the molecule is COc1nc(C)c(C)nc1NSC(=O)N1CCN(c2cc(C)cc(C)c2)CC1. The molecule has 1 amide bonds. The Bertz CT molecular complexity index is 846. The molecule has 0 aliphatic carbocycles. The number of nitrogens with zero attached hydrogens (tertiary/aromatic N) is 4. The Morgan fingerprint density at radius 2 is 1.61 bits per heavy atom. The van der Waals surface area contributed by atoms with E-state index in [1.807, 2.05) is 18.7 Å². The number of benzene rings is 1. The van der Waals surface area contributed by atoms with Gasteiger partial charge in [-0.25, -0.2) is 9.97 Å². The van der Waals surface area contributed by atoms with Crippen molar-refractivity contribution < 1.29 is 9.53 Å². The fourth-order valence-corrected chi connectivity index (χ4v) is 3.86. The Balaban J connectivity index is 1.56. The largest absolute Gasteiger partial charge is 0.478 e. The number of hydrogen-bond acceptors (Lipinski definition) is 7. The molecule has 7 nitrogen and oxygen atoms in total. The van der Waals surface area contributed by atoms with Crippen LogP contribution in [0.1, 0.15) is 22.5 Å². The van der Waals surface area contributed by atoms with Crippen molar-refractivity contribution in [2.75, 3.05) is 42.9 Å². The summed E-state index contributed by atoms with van der Waals surface area (Å²) >= 11 is 1.02. The molecule has 0 bridgehead atoms. The van der Waals surface area contributed by atoms with Crippen LogP contribution in [0.4, 0.5) is 16.3 Å². The summed E-state index contributed by atoms with van der Waals surface area (Å²) in [5, 5.41) is -0.0258. The van der Waals surface area contributed by atoms with Crippen LogP contribution in [0.3, 0.4) is 0 Å². The predicted molar refractivity (Wildman–Crippen MR) is 114 cm³/mol. The molecule has 28 heavy (non-hydrogen) atoms. The summed E-state index contributed by atoms with van der Waals surface area (Å²) in [7, 11) is 1.54. The molecule has 8 heteroatoms. The van der Waals surface area contributed by atoms with Crippen LogP contribution in [-0.2, 0) is 0 Å². The first-order valence-electron chi connectivity index (χ1n) is 9.31. The summed E-state index contributed by atoms with van der Waals surface area (Å²) in [6.45, 7) is 11.0. The second-order valence-corrected chi connectivity index (χ2v) is 7.80. The molecule has 1 fully saturated rings. The van der Waals surface area contributed by atoms with Crippen molar-refractivity contribution in [3.63, 3.8) is 0 Å². The Labute approximate surface area is 170 Å². The topological polar surface area (TPSA) is 70.6 Å². The zero-order chi connectivity index (χ0) is 20.3. The number of nitrogens with one attached hydrogen (secondary N) is 1. The molecule has 1 aromatic carbocycles. The first-order chi connectivity index (χ1) is 13.4. The van der Waals surface area contributed by atoms with E-state index in [1.165, 1.54) is 16.8 Å². The second-order valence-electron chi connectivity index (χ2n) is 7.04. The highest BCUT2D eigenvalue weighted by atomic mass is 32.2. The number of methoxy groups -OCH3 is 1. The van der Waals surface area contributed by atoms with E-state index in [4.69, 9.17) is 4.74 Å². The highest BCUT2D eigenvalue weighted by molar-refractivity contribution is 8.14. The Morgan fingerprint density at radius 1 is 1.00 bits per heavy atom. The predicted octanol–water partition coefficient (Wildman–Crippen LogP) is 3.72. The average molecular weight is 402 g/mol. The number of piperazine rings is 1. The molecule has 1 saturated heterocycles. The molecular weight excluding hydrogens is 374 g/mol. The van der Waals surface area contributed by atoms with Crippen LogP contribution in [0.25, 0.3) is 0 Å². The van der Waals surface area contributed by atoms with Crippen molar-refractivity contribution in [1.82, 2.24) is 14.9 Å². The van der Waals surface area contributed by atoms with Gasteiger partial charge in [0.15, 0.2) is 5.82 Å². The molecular formula is C20H27N5O2S. The number of anilines is 2. The maximum atomic E-state index is 12.6. The molecule has 0 saturated carbocycles. The lowest BCUT2D eigenvalue weighted by Crippen LogP contribution is -2.47. The van der Waals surface area contributed by atoms with Crippen LogP contribution in [0, 0.1) is 27.7 Å². The normalized spacial score (nSPS) is 14.2. The monoisotopic (exact) mass is 401 g/mol. The third kappa shape index (κ3) is 4.67. The van der Waals surface area contributed by atoms with E-state index in [9.17, 15) is 4.79 Å². The number of ether oxygens (including phenoxy) is 1. The smallest absolute Gasteiger partial charge is 0.302 e. The van der Waals surface area contributed by atoms with E-state index >= 15 is 0 Å². The van der Waals surface area contributed by atoms with Crippen molar-refractivity contribution in [2.45, 2.75) is 27.7 Å². The Kier molecular flexibility index (Phi) is 6.28. The minimum absolute atomic E-state index is 0.0258. The van der Waals surface area contributed by atoms with Gasteiger partial charge < -0.3 is 19.3 Å². The van der Waals surface area contributed by atoms with Gasteiger partial charge in [0.25, 0.3) is 5.88 Å². The summed E-state index contributed by atoms with van der Waals surface area (Å²) in [5.74, 6) is 0.862. The molecule has 150 valence electrons. The average Bonchev–Trinajstić information content (AvgIpc) is 2.67. The molecule has 0 radical (unpaired) electrons. The van der Waals surface area contributed by atoms with Crippen LogP contribution < -0.4 is 14.4 Å². The first-order valence-corrected chi connectivity index (χ1v) is 10.1. The van der Waals surface area contributed by atoms with E-state index in [-0.39, 0.29) is 5.24 Å². The zero-order valence-electron chi connectivity index (χ0n) is 17.1. The van der Waals surface area contributed by atoms with Crippen LogP contribution in [0.15, 0.2) is 18.2 Å². The van der Waals surface area contributed by atoms with Crippen molar-refractivity contribution in [3.05, 3.63) is 40.7 Å². The molecule has 1 N–H and O–H groups in total. The molecule has 0 unspecified atom stereocenters. The number of rotatable bonds is 4.